The SMILES string of the molecule is COc1cc([N+](=O)[O-])cc2c1OC1(C=C2)N(C)c2cccc(C)c2C1(C)C. The molecule has 0 saturated carbocycles. The lowest BCUT2D eigenvalue weighted by molar-refractivity contribution is -0.385. The number of nitro groups is 1. The molecule has 2 aromatic carbocycles. The van der Waals surface area contributed by atoms with Gasteiger partial charge in [0.25, 0.3) is 5.69 Å². The Hall–Kier alpha value is -3.02. The summed E-state index contributed by atoms with van der Waals surface area (Å²) in [6.45, 7) is 6.43. The average Bonchev–Trinajstić information content (AvgIpc) is 2.80. The van der Waals surface area contributed by atoms with E-state index in [4.69, 9.17) is 9.47 Å². The van der Waals surface area contributed by atoms with Crippen molar-refractivity contribution in [3.8, 4) is 11.5 Å². The van der Waals surface area contributed by atoms with Crippen molar-refractivity contribution in [2.45, 2.75) is 31.9 Å². The van der Waals surface area contributed by atoms with Crippen LogP contribution >= 0.6 is 0 Å². The fourth-order valence-electron chi connectivity index (χ4n) is 4.53. The average molecular weight is 366 g/mol. The third kappa shape index (κ3) is 2.13. The Morgan fingerprint density at radius 1 is 1.26 bits per heavy atom. The Morgan fingerprint density at radius 3 is 2.63 bits per heavy atom. The molecule has 2 aliphatic rings. The molecule has 0 aliphatic carbocycles. The van der Waals surface area contributed by atoms with Crippen LogP contribution in [0.25, 0.3) is 6.08 Å². The Bertz CT molecular complexity index is 996. The van der Waals surface area contributed by atoms with Crippen LogP contribution < -0.4 is 14.4 Å². The smallest absolute Gasteiger partial charge is 0.274 e. The van der Waals surface area contributed by atoms with E-state index in [0.717, 1.165) is 5.69 Å². The molecule has 0 saturated heterocycles. The minimum absolute atomic E-state index is 0.0204. The summed E-state index contributed by atoms with van der Waals surface area (Å²) in [5, 5.41) is 11.2. The Labute approximate surface area is 158 Å². The Morgan fingerprint density at radius 2 is 2.00 bits per heavy atom. The molecule has 1 unspecified atom stereocenters. The van der Waals surface area contributed by atoms with Gasteiger partial charge in [0.05, 0.1) is 23.5 Å². The van der Waals surface area contributed by atoms with Crippen LogP contribution in [0, 0.1) is 17.0 Å². The molecule has 0 amide bonds. The third-order valence-corrected chi connectivity index (χ3v) is 5.88. The number of hydrogen-bond acceptors (Lipinski definition) is 5. The van der Waals surface area contributed by atoms with Gasteiger partial charge in [-0.2, -0.15) is 0 Å². The minimum atomic E-state index is -0.752. The van der Waals surface area contributed by atoms with Crippen LogP contribution in [0.4, 0.5) is 11.4 Å². The molecule has 0 bridgehead atoms. The van der Waals surface area contributed by atoms with E-state index in [-0.39, 0.29) is 11.1 Å². The normalized spacial score (nSPS) is 21.6. The molecule has 27 heavy (non-hydrogen) atoms. The number of benzene rings is 2. The lowest BCUT2D eigenvalue weighted by Crippen LogP contribution is -2.58. The summed E-state index contributed by atoms with van der Waals surface area (Å²) in [4.78, 5) is 12.9. The highest BCUT2D eigenvalue weighted by Crippen LogP contribution is 2.56. The van der Waals surface area contributed by atoms with Crippen LogP contribution in [0.2, 0.25) is 0 Å². The van der Waals surface area contributed by atoms with Crippen molar-refractivity contribution >= 4 is 17.5 Å². The molecular weight excluding hydrogens is 344 g/mol. The van der Waals surface area contributed by atoms with Gasteiger partial charge in [-0.05, 0) is 50.1 Å². The van der Waals surface area contributed by atoms with E-state index >= 15 is 0 Å². The number of fused-ring (bicyclic) bond motifs is 2. The second-order valence-electron chi connectivity index (χ2n) is 7.61. The Balaban J connectivity index is 1.91. The summed E-state index contributed by atoms with van der Waals surface area (Å²) in [6.07, 6.45) is 3.89. The number of hydrogen-bond donors (Lipinski definition) is 0. The van der Waals surface area contributed by atoms with Crippen molar-refractivity contribution < 1.29 is 14.4 Å². The number of rotatable bonds is 2. The summed E-state index contributed by atoms with van der Waals surface area (Å²) < 4.78 is 12.0. The third-order valence-electron chi connectivity index (χ3n) is 5.88. The fourth-order valence-corrected chi connectivity index (χ4v) is 4.53. The van der Waals surface area contributed by atoms with Crippen LogP contribution in [0.1, 0.15) is 30.5 Å². The van der Waals surface area contributed by atoms with E-state index in [9.17, 15) is 10.1 Å². The standard InChI is InChI=1S/C21H22N2O4/c1-13-7-6-8-16-18(13)20(2,3)21(22(16)4)10-9-14-11-15(23(24)25)12-17(26-5)19(14)27-21/h6-12H,1-5H3. The monoisotopic (exact) mass is 366 g/mol. The maximum atomic E-state index is 11.2. The number of nitrogens with zero attached hydrogens (tertiary/aromatic N) is 2. The molecule has 2 aliphatic heterocycles. The first-order valence-electron chi connectivity index (χ1n) is 8.81. The number of ether oxygens (including phenoxy) is 2. The molecular formula is C21H22N2O4. The summed E-state index contributed by atoms with van der Waals surface area (Å²) in [5.74, 6) is 0.885. The van der Waals surface area contributed by atoms with Gasteiger partial charge in [0.1, 0.15) is 0 Å². The van der Waals surface area contributed by atoms with E-state index in [1.165, 1.54) is 30.4 Å². The molecule has 0 aromatic heterocycles. The number of nitro benzene ring substituents is 1. The second-order valence-corrected chi connectivity index (χ2v) is 7.61. The van der Waals surface area contributed by atoms with Gasteiger partial charge < -0.3 is 14.4 Å². The number of non-ortho nitro benzene ring substituents is 1. The van der Waals surface area contributed by atoms with Crippen molar-refractivity contribution in [2.75, 3.05) is 19.1 Å². The van der Waals surface area contributed by atoms with Gasteiger partial charge in [-0.3, -0.25) is 10.1 Å². The zero-order valence-corrected chi connectivity index (χ0v) is 16.1. The van der Waals surface area contributed by atoms with E-state index in [0.29, 0.717) is 17.1 Å². The second kappa shape index (κ2) is 5.49. The summed E-state index contributed by atoms with van der Waals surface area (Å²) >= 11 is 0. The van der Waals surface area contributed by atoms with E-state index < -0.39 is 10.6 Å². The van der Waals surface area contributed by atoms with Gasteiger partial charge >= 0.3 is 0 Å². The lowest BCUT2D eigenvalue weighted by Gasteiger charge is -2.46. The predicted molar refractivity (Wildman–Crippen MR) is 105 cm³/mol. The van der Waals surface area contributed by atoms with Gasteiger partial charge in [0, 0.05) is 24.4 Å². The van der Waals surface area contributed by atoms with Gasteiger partial charge in [-0.25, -0.2) is 0 Å². The minimum Gasteiger partial charge on any atom is -0.493 e. The molecule has 6 nitrogen and oxygen atoms in total. The van der Waals surface area contributed by atoms with E-state index in [1.807, 2.05) is 25.3 Å². The van der Waals surface area contributed by atoms with Crippen molar-refractivity contribution in [3.63, 3.8) is 0 Å². The molecule has 1 spiro atoms. The van der Waals surface area contributed by atoms with Gasteiger partial charge in [0.2, 0.25) is 5.72 Å². The zero-order valence-electron chi connectivity index (χ0n) is 16.1. The summed E-state index contributed by atoms with van der Waals surface area (Å²) in [7, 11) is 3.51. The van der Waals surface area contributed by atoms with E-state index in [1.54, 1.807) is 0 Å². The fraction of sp³-hybridized carbons (Fsp3) is 0.333. The Kier molecular flexibility index (Phi) is 3.54. The summed E-state index contributed by atoms with van der Waals surface area (Å²) in [6, 6.07) is 9.17. The van der Waals surface area contributed by atoms with Crippen LogP contribution in [0.5, 0.6) is 11.5 Å². The highest BCUT2D eigenvalue weighted by molar-refractivity contribution is 5.75. The molecule has 2 aromatic rings. The van der Waals surface area contributed by atoms with Crippen LogP contribution in [-0.2, 0) is 5.41 Å². The van der Waals surface area contributed by atoms with Crippen molar-refractivity contribution in [2.24, 2.45) is 0 Å². The first-order chi connectivity index (χ1) is 12.7. The predicted octanol–water partition coefficient (Wildman–Crippen LogP) is 4.44. The maximum absolute atomic E-state index is 11.2. The molecule has 0 radical (unpaired) electrons. The molecule has 2 heterocycles. The van der Waals surface area contributed by atoms with Gasteiger partial charge in [0.15, 0.2) is 11.5 Å². The highest BCUT2D eigenvalue weighted by Gasteiger charge is 2.58. The van der Waals surface area contributed by atoms with Crippen LogP contribution in [0.3, 0.4) is 0 Å². The molecule has 6 heteroatoms. The van der Waals surface area contributed by atoms with E-state index in [2.05, 4.69) is 37.8 Å². The molecule has 140 valence electrons. The maximum Gasteiger partial charge on any atom is 0.274 e. The molecule has 1 atom stereocenters. The summed E-state index contributed by atoms with van der Waals surface area (Å²) in [5.41, 5.74) is 3.09. The van der Waals surface area contributed by atoms with Crippen LogP contribution in [-0.4, -0.2) is 24.8 Å². The largest absolute Gasteiger partial charge is 0.493 e. The zero-order chi connectivity index (χ0) is 19.6. The lowest BCUT2D eigenvalue weighted by atomic mass is 9.75. The number of aryl methyl sites for hydroxylation is 1. The van der Waals surface area contributed by atoms with Crippen molar-refractivity contribution in [1.29, 1.82) is 0 Å². The van der Waals surface area contributed by atoms with Gasteiger partial charge in [-0.15, -0.1) is 0 Å². The topological polar surface area (TPSA) is 64.8 Å². The molecule has 0 fully saturated rings. The number of methoxy groups -OCH3 is 1. The quantitative estimate of drug-likeness (QED) is 0.581. The number of anilines is 1. The first-order valence-corrected chi connectivity index (χ1v) is 8.81. The van der Waals surface area contributed by atoms with Crippen molar-refractivity contribution in [1.82, 2.24) is 0 Å². The van der Waals surface area contributed by atoms with Gasteiger partial charge in [-0.1, -0.05) is 12.1 Å². The molecule has 4 rings (SSSR count). The molecule has 0 N–H and O–H groups in total. The van der Waals surface area contributed by atoms with Crippen molar-refractivity contribution in [3.05, 3.63) is 63.2 Å². The first kappa shape index (κ1) is 17.4. The van der Waals surface area contributed by atoms with Crippen LogP contribution in [0.15, 0.2) is 36.4 Å². The highest BCUT2D eigenvalue weighted by atomic mass is 16.6. The number of likely N-dealkylation sites (N-methyl/N-ethyl adjacent to an activating group) is 1.